The molecule has 2 aliphatic heterocycles. The van der Waals surface area contributed by atoms with Crippen LogP contribution in [0.3, 0.4) is 0 Å². The third-order valence-electron chi connectivity index (χ3n) is 6.50. The molecule has 2 aliphatic rings. The zero-order chi connectivity index (χ0) is 23.3. The van der Waals surface area contributed by atoms with Gasteiger partial charge in [0.2, 0.25) is 5.91 Å². The molecule has 7 heteroatoms. The van der Waals surface area contributed by atoms with E-state index in [1.807, 2.05) is 29.2 Å². The Morgan fingerprint density at radius 1 is 1.21 bits per heavy atom. The van der Waals surface area contributed by atoms with Gasteiger partial charge in [-0.1, -0.05) is 24.3 Å². The van der Waals surface area contributed by atoms with Gasteiger partial charge in [-0.15, -0.1) is 0 Å². The Labute approximate surface area is 194 Å². The number of nitrogens with one attached hydrogen (secondary N) is 1. The Morgan fingerprint density at radius 3 is 2.70 bits per heavy atom. The molecule has 6 nitrogen and oxygen atoms in total. The Balaban J connectivity index is 1.38. The summed E-state index contributed by atoms with van der Waals surface area (Å²) in [5, 5.41) is 3.02. The van der Waals surface area contributed by atoms with Gasteiger partial charge in [-0.05, 0) is 55.0 Å². The maximum atomic E-state index is 13.8. The van der Waals surface area contributed by atoms with Gasteiger partial charge in [0.25, 0.3) is 5.91 Å². The summed E-state index contributed by atoms with van der Waals surface area (Å²) >= 11 is 0. The number of carbonyl (C=O) groups is 2. The van der Waals surface area contributed by atoms with E-state index in [1.165, 1.54) is 12.1 Å². The Hall–Kier alpha value is -2.93. The first-order chi connectivity index (χ1) is 16.0. The summed E-state index contributed by atoms with van der Waals surface area (Å²) in [4.78, 5) is 26.7. The molecule has 1 N–H and O–H groups in total. The van der Waals surface area contributed by atoms with Crippen molar-refractivity contribution in [3.63, 3.8) is 0 Å². The summed E-state index contributed by atoms with van der Waals surface area (Å²) in [6, 6.07) is 12.2. The molecule has 4 rings (SSSR count). The SMILES string of the molecule is COc1ccc(F)cc1-c1ccc(CC2(C(=O)NCCCN3CCCC3=O)CCCO2)cc1. The summed E-state index contributed by atoms with van der Waals surface area (Å²) in [5.41, 5.74) is 1.64. The number of ether oxygens (including phenoxy) is 2. The van der Waals surface area contributed by atoms with Crippen molar-refractivity contribution >= 4 is 11.8 Å². The zero-order valence-electron chi connectivity index (χ0n) is 19.1. The molecule has 2 fully saturated rings. The average molecular weight is 455 g/mol. The number of nitrogens with zero attached hydrogens (tertiary/aromatic N) is 1. The Bertz CT molecular complexity index is 986. The molecular weight excluding hydrogens is 423 g/mol. The molecule has 2 amide bonds. The van der Waals surface area contributed by atoms with Gasteiger partial charge in [0.15, 0.2) is 5.60 Å². The Morgan fingerprint density at radius 2 is 2.03 bits per heavy atom. The number of hydrogen-bond donors (Lipinski definition) is 1. The summed E-state index contributed by atoms with van der Waals surface area (Å²) in [7, 11) is 1.56. The molecule has 2 aromatic rings. The molecule has 176 valence electrons. The number of hydrogen-bond acceptors (Lipinski definition) is 4. The minimum absolute atomic E-state index is 0.0939. The fraction of sp³-hybridized carbons (Fsp3) is 0.462. The summed E-state index contributed by atoms with van der Waals surface area (Å²) in [6.07, 6.45) is 4.28. The van der Waals surface area contributed by atoms with E-state index in [0.29, 0.717) is 50.3 Å². The second-order valence-corrected chi connectivity index (χ2v) is 8.76. The molecule has 0 aliphatic carbocycles. The third kappa shape index (κ3) is 5.36. The van der Waals surface area contributed by atoms with Gasteiger partial charge >= 0.3 is 0 Å². The predicted octanol–water partition coefficient (Wildman–Crippen LogP) is 3.72. The first-order valence-corrected chi connectivity index (χ1v) is 11.6. The molecule has 0 spiro atoms. The molecule has 0 aromatic heterocycles. The van der Waals surface area contributed by atoms with Gasteiger partial charge in [-0.25, -0.2) is 4.39 Å². The fourth-order valence-corrected chi connectivity index (χ4v) is 4.71. The van der Waals surface area contributed by atoms with E-state index in [1.54, 1.807) is 13.2 Å². The van der Waals surface area contributed by atoms with Gasteiger partial charge in [-0.2, -0.15) is 0 Å². The monoisotopic (exact) mass is 454 g/mol. The van der Waals surface area contributed by atoms with Gasteiger partial charge in [0.05, 0.1) is 7.11 Å². The van der Waals surface area contributed by atoms with E-state index >= 15 is 0 Å². The third-order valence-corrected chi connectivity index (χ3v) is 6.50. The zero-order valence-corrected chi connectivity index (χ0v) is 19.1. The lowest BCUT2D eigenvalue weighted by Gasteiger charge is -2.27. The molecule has 2 aromatic carbocycles. The van der Waals surface area contributed by atoms with Crippen LogP contribution in [0.2, 0.25) is 0 Å². The first kappa shape index (κ1) is 23.2. The van der Waals surface area contributed by atoms with Crippen LogP contribution < -0.4 is 10.1 Å². The van der Waals surface area contributed by atoms with E-state index < -0.39 is 5.60 Å². The first-order valence-electron chi connectivity index (χ1n) is 11.6. The van der Waals surface area contributed by atoms with Crippen molar-refractivity contribution in [2.45, 2.75) is 44.1 Å². The quantitative estimate of drug-likeness (QED) is 0.587. The molecule has 33 heavy (non-hydrogen) atoms. The lowest BCUT2D eigenvalue weighted by Crippen LogP contribution is -2.48. The molecular formula is C26H31FN2O4. The Kier molecular flexibility index (Phi) is 7.28. The highest BCUT2D eigenvalue weighted by Gasteiger charge is 2.42. The highest BCUT2D eigenvalue weighted by Crippen LogP contribution is 2.33. The van der Waals surface area contributed by atoms with Crippen LogP contribution in [0.5, 0.6) is 5.75 Å². The normalized spacial score (nSPS) is 20.3. The molecule has 2 saturated heterocycles. The minimum atomic E-state index is -0.873. The van der Waals surface area contributed by atoms with Gasteiger partial charge in [0.1, 0.15) is 11.6 Å². The highest BCUT2D eigenvalue weighted by molar-refractivity contribution is 5.86. The maximum Gasteiger partial charge on any atom is 0.252 e. The largest absolute Gasteiger partial charge is 0.496 e. The van der Waals surface area contributed by atoms with Crippen LogP contribution >= 0.6 is 0 Å². The van der Waals surface area contributed by atoms with Crippen molar-refractivity contribution in [1.82, 2.24) is 10.2 Å². The van der Waals surface area contributed by atoms with Crippen molar-refractivity contribution in [2.75, 3.05) is 33.4 Å². The molecule has 0 bridgehead atoms. The second kappa shape index (κ2) is 10.3. The topological polar surface area (TPSA) is 67.9 Å². The lowest BCUT2D eigenvalue weighted by molar-refractivity contribution is -0.141. The molecule has 2 heterocycles. The van der Waals surface area contributed by atoms with E-state index in [0.717, 1.165) is 36.9 Å². The average Bonchev–Trinajstić information content (AvgIpc) is 3.47. The number of methoxy groups -OCH3 is 1. The van der Waals surface area contributed by atoms with Crippen molar-refractivity contribution in [3.05, 3.63) is 53.8 Å². The minimum Gasteiger partial charge on any atom is -0.496 e. The number of halogens is 1. The van der Waals surface area contributed by atoms with Crippen LogP contribution in [-0.4, -0.2) is 55.7 Å². The van der Waals surface area contributed by atoms with Crippen LogP contribution in [0, 0.1) is 5.82 Å². The van der Waals surface area contributed by atoms with Gasteiger partial charge in [-0.3, -0.25) is 9.59 Å². The van der Waals surface area contributed by atoms with Crippen LogP contribution in [-0.2, 0) is 20.7 Å². The molecule has 0 saturated carbocycles. The van der Waals surface area contributed by atoms with E-state index in [2.05, 4.69) is 5.32 Å². The lowest BCUT2D eigenvalue weighted by atomic mass is 9.89. The second-order valence-electron chi connectivity index (χ2n) is 8.76. The van der Waals surface area contributed by atoms with Crippen molar-refractivity contribution in [1.29, 1.82) is 0 Å². The summed E-state index contributed by atoms with van der Waals surface area (Å²) in [5.74, 6) is 0.397. The number of carbonyl (C=O) groups excluding carboxylic acids is 2. The standard InChI is InChI=1S/C26H31FN2O4/c1-32-23-11-10-21(27)17-22(23)20-8-6-19(7-9-20)18-26(12-3-16-33-26)25(31)28-13-4-15-29-14-2-5-24(29)30/h6-11,17H,2-5,12-16,18H2,1H3,(H,28,31). The molecule has 1 unspecified atom stereocenters. The molecule has 0 radical (unpaired) electrons. The summed E-state index contributed by atoms with van der Waals surface area (Å²) in [6.45, 7) is 2.58. The smallest absolute Gasteiger partial charge is 0.252 e. The van der Waals surface area contributed by atoms with Gasteiger partial charge in [0, 0.05) is 44.6 Å². The number of benzene rings is 2. The van der Waals surface area contributed by atoms with Crippen LogP contribution in [0.25, 0.3) is 11.1 Å². The van der Waals surface area contributed by atoms with Crippen molar-refractivity contribution in [3.8, 4) is 16.9 Å². The van der Waals surface area contributed by atoms with E-state index in [9.17, 15) is 14.0 Å². The van der Waals surface area contributed by atoms with Gasteiger partial charge < -0.3 is 19.7 Å². The van der Waals surface area contributed by atoms with E-state index in [4.69, 9.17) is 9.47 Å². The highest BCUT2D eigenvalue weighted by atomic mass is 19.1. The number of amides is 2. The van der Waals surface area contributed by atoms with Crippen LogP contribution in [0.4, 0.5) is 4.39 Å². The fourth-order valence-electron chi connectivity index (χ4n) is 4.71. The van der Waals surface area contributed by atoms with Crippen molar-refractivity contribution in [2.24, 2.45) is 0 Å². The van der Waals surface area contributed by atoms with Crippen LogP contribution in [0.1, 0.15) is 37.7 Å². The predicted molar refractivity (Wildman–Crippen MR) is 123 cm³/mol. The summed E-state index contributed by atoms with van der Waals surface area (Å²) < 4.78 is 25.1. The number of likely N-dealkylation sites (tertiary alicyclic amines) is 1. The maximum absolute atomic E-state index is 13.8. The molecule has 1 atom stereocenters. The van der Waals surface area contributed by atoms with Crippen LogP contribution in [0.15, 0.2) is 42.5 Å². The van der Waals surface area contributed by atoms with Crippen molar-refractivity contribution < 1.29 is 23.5 Å². The number of rotatable bonds is 9. The van der Waals surface area contributed by atoms with E-state index in [-0.39, 0.29) is 17.6 Å².